The first-order valence-electron chi connectivity index (χ1n) is 8.07. The number of nitrogens with zero attached hydrogens (tertiary/aromatic N) is 1. The van der Waals surface area contributed by atoms with Crippen LogP contribution in [0.2, 0.25) is 0 Å². The highest BCUT2D eigenvalue weighted by Gasteiger charge is 2.18. The minimum atomic E-state index is -1.25. The zero-order chi connectivity index (χ0) is 17.5. The Hall–Kier alpha value is -2.53. The van der Waals surface area contributed by atoms with Gasteiger partial charge in [-0.25, -0.2) is 0 Å². The predicted octanol–water partition coefficient (Wildman–Crippen LogP) is 3.21. The smallest absolute Gasteiger partial charge is 0.257 e. The van der Waals surface area contributed by atoms with Gasteiger partial charge in [-0.2, -0.15) is 0 Å². The molecule has 0 saturated heterocycles. The van der Waals surface area contributed by atoms with Crippen molar-refractivity contribution >= 4 is 17.3 Å². The number of methoxy groups -OCH3 is 1. The van der Waals surface area contributed by atoms with E-state index in [0.29, 0.717) is 17.0 Å². The lowest BCUT2D eigenvalue weighted by Crippen LogP contribution is -2.22. The van der Waals surface area contributed by atoms with E-state index in [4.69, 9.17) is 4.74 Å². The normalized spacial score (nSPS) is 11.7. The van der Waals surface area contributed by atoms with Gasteiger partial charge in [0.2, 0.25) is 0 Å². The largest absolute Gasteiger partial charge is 0.497 e. The number of carbonyl (C=O) groups is 1. The Morgan fingerprint density at radius 1 is 1.17 bits per heavy atom. The average Bonchev–Trinajstić information content (AvgIpc) is 2.63. The molecule has 0 bridgehead atoms. The Morgan fingerprint density at radius 3 is 2.42 bits per heavy atom. The number of anilines is 2. The van der Waals surface area contributed by atoms with E-state index in [1.165, 1.54) is 0 Å². The fourth-order valence-corrected chi connectivity index (χ4v) is 2.52. The Kier molecular flexibility index (Phi) is 6.21. The first-order chi connectivity index (χ1) is 11.6. The van der Waals surface area contributed by atoms with Crippen LogP contribution >= 0.6 is 0 Å². The monoisotopic (exact) mass is 328 g/mol. The van der Waals surface area contributed by atoms with Crippen molar-refractivity contribution in [3.05, 3.63) is 54.1 Å². The molecule has 5 heteroatoms. The average molecular weight is 328 g/mol. The van der Waals surface area contributed by atoms with Gasteiger partial charge in [-0.3, -0.25) is 4.79 Å². The standard InChI is InChI=1S/C19H24N2O3/c1-4-21(5-2)16-11-9-15(10-12-16)20-19(23)18(22)14-7-6-8-17(13-14)24-3/h6-13,18,22H,4-5H2,1-3H3,(H,20,23). The quantitative estimate of drug-likeness (QED) is 0.819. The summed E-state index contributed by atoms with van der Waals surface area (Å²) in [6, 6.07) is 14.4. The first kappa shape index (κ1) is 17.8. The van der Waals surface area contributed by atoms with Gasteiger partial charge >= 0.3 is 0 Å². The van der Waals surface area contributed by atoms with Crippen molar-refractivity contribution in [2.24, 2.45) is 0 Å². The van der Waals surface area contributed by atoms with Crippen LogP contribution in [-0.4, -0.2) is 31.2 Å². The van der Waals surface area contributed by atoms with E-state index in [1.807, 2.05) is 24.3 Å². The Bertz CT molecular complexity index is 667. The minimum absolute atomic E-state index is 0.473. The van der Waals surface area contributed by atoms with Gasteiger partial charge in [-0.1, -0.05) is 12.1 Å². The van der Waals surface area contributed by atoms with Crippen LogP contribution < -0.4 is 15.0 Å². The molecule has 2 aromatic rings. The van der Waals surface area contributed by atoms with Crippen molar-refractivity contribution in [3.63, 3.8) is 0 Å². The SMILES string of the molecule is CCN(CC)c1ccc(NC(=O)C(O)c2cccc(OC)c2)cc1. The highest BCUT2D eigenvalue weighted by atomic mass is 16.5. The number of hydrogen-bond donors (Lipinski definition) is 2. The fraction of sp³-hybridized carbons (Fsp3) is 0.316. The summed E-state index contributed by atoms with van der Waals surface area (Å²) in [5.41, 5.74) is 2.25. The summed E-state index contributed by atoms with van der Waals surface area (Å²) in [5.74, 6) is 0.127. The van der Waals surface area contributed by atoms with Gasteiger partial charge in [0.05, 0.1) is 7.11 Å². The maximum absolute atomic E-state index is 12.2. The maximum Gasteiger partial charge on any atom is 0.257 e. The molecule has 128 valence electrons. The molecule has 1 amide bonds. The number of benzene rings is 2. The zero-order valence-electron chi connectivity index (χ0n) is 14.3. The van der Waals surface area contributed by atoms with E-state index >= 15 is 0 Å². The second-order valence-corrected chi connectivity index (χ2v) is 5.39. The molecule has 0 spiro atoms. The fourth-order valence-electron chi connectivity index (χ4n) is 2.52. The molecule has 0 fully saturated rings. The molecule has 2 N–H and O–H groups in total. The summed E-state index contributed by atoms with van der Waals surface area (Å²) >= 11 is 0. The van der Waals surface area contributed by atoms with E-state index < -0.39 is 12.0 Å². The van der Waals surface area contributed by atoms with Crippen molar-refractivity contribution in [2.75, 3.05) is 30.4 Å². The van der Waals surface area contributed by atoms with Gasteiger partial charge in [-0.15, -0.1) is 0 Å². The summed E-state index contributed by atoms with van der Waals surface area (Å²) in [4.78, 5) is 14.5. The Labute approximate surface area is 142 Å². The molecule has 0 aliphatic rings. The number of aliphatic hydroxyl groups excluding tert-OH is 1. The minimum Gasteiger partial charge on any atom is -0.497 e. The molecule has 5 nitrogen and oxygen atoms in total. The molecule has 24 heavy (non-hydrogen) atoms. The van der Waals surface area contributed by atoms with Crippen LogP contribution in [0.25, 0.3) is 0 Å². The van der Waals surface area contributed by atoms with Gasteiger partial charge < -0.3 is 20.1 Å². The molecule has 0 aromatic heterocycles. The van der Waals surface area contributed by atoms with Crippen molar-refractivity contribution in [2.45, 2.75) is 20.0 Å². The predicted molar refractivity (Wildman–Crippen MR) is 96.6 cm³/mol. The number of nitrogens with one attached hydrogen (secondary N) is 1. The molecular weight excluding hydrogens is 304 g/mol. The Morgan fingerprint density at radius 2 is 1.83 bits per heavy atom. The van der Waals surface area contributed by atoms with Crippen LogP contribution in [0.15, 0.2) is 48.5 Å². The van der Waals surface area contributed by atoms with E-state index in [1.54, 1.807) is 31.4 Å². The molecule has 0 radical (unpaired) electrons. The number of aliphatic hydroxyl groups is 1. The topological polar surface area (TPSA) is 61.8 Å². The van der Waals surface area contributed by atoms with Gasteiger partial charge in [0.25, 0.3) is 5.91 Å². The lowest BCUT2D eigenvalue weighted by atomic mass is 10.1. The number of carbonyl (C=O) groups excluding carboxylic acids is 1. The molecule has 0 heterocycles. The number of rotatable bonds is 7. The zero-order valence-corrected chi connectivity index (χ0v) is 14.3. The summed E-state index contributed by atoms with van der Waals surface area (Å²) in [6.07, 6.45) is -1.25. The first-order valence-corrected chi connectivity index (χ1v) is 8.07. The van der Waals surface area contributed by atoms with E-state index in [9.17, 15) is 9.90 Å². The van der Waals surface area contributed by atoms with Gasteiger partial charge in [0.1, 0.15) is 5.75 Å². The van der Waals surface area contributed by atoms with Crippen molar-refractivity contribution < 1.29 is 14.6 Å². The molecule has 1 atom stereocenters. The third-order valence-electron chi connectivity index (χ3n) is 3.92. The molecule has 2 aromatic carbocycles. The van der Waals surface area contributed by atoms with Gasteiger partial charge in [-0.05, 0) is 55.8 Å². The summed E-state index contributed by atoms with van der Waals surface area (Å²) in [7, 11) is 1.54. The third-order valence-corrected chi connectivity index (χ3v) is 3.92. The highest BCUT2D eigenvalue weighted by molar-refractivity contribution is 5.94. The summed E-state index contributed by atoms with van der Waals surface area (Å²) in [6.45, 7) is 6.06. The molecule has 2 rings (SSSR count). The second-order valence-electron chi connectivity index (χ2n) is 5.39. The van der Waals surface area contributed by atoms with E-state index in [-0.39, 0.29) is 0 Å². The summed E-state index contributed by atoms with van der Waals surface area (Å²) in [5, 5.41) is 12.9. The lowest BCUT2D eigenvalue weighted by Gasteiger charge is -2.21. The van der Waals surface area contributed by atoms with Gasteiger partial charge in [0, 0.05) is 24.5 Å². The maximum atomic E-state index is 12.2. The van der Waals surface area contributed by atoms with Crippen molar-refractivity contribution in [3.8, 4) is 5.75 Å². The third kappa shape index (κ3) is 4.26. The van der Waals surface area contributed by atoms with Crippen LogP contribution in [0.4, 0.5) is 11.4 Å². The number of hydrogen-bond acceptors (Lipinski definition) is 4. The van der Waals surface area contributed by atoms with Crippen LogP contribution in [0.3, 0.4) is 0 Å². The highest BCUT2D eigenvalue weighted by Crippen LogP contribution is 2.22. The van der Waals surface area contributed by atoms with Crippen molar-refractivity contribution in [1.82, 2.24) is 0 Å². The molecule has 0 aliphatic carbocycles. The molecule has 1 unspecified atom stereocenters. The van der Waals surface area contributed by atoms with E-state index in [0.717, 1.165) is 18.8 Å². The number of amides is 1. The summed E-state index contributed by atoms with van der Waals surface area (Å²) < 4.78 is 5.11. The van der Waals surface area contributed by atoms with E-state index in [2.05, 4.69) is 24.1 Å². The van der Waals surface area contributed by atoms with Crippen LogP contribution in [0, 0.1) is 0 Å². The van der Waals surface area contributed by atoms with Crippen LogP contribution in [0.1, 0.15) is 25.5 Å². The van der Waals surface area contributed by atoms with Crippen LogP contribution in [0.5, 0.6) is 5.75 Å². The number of ether oxygens (including phenoxy) is 1. The molecule has 0 aliphatic heterocycles. The second kappa shape index (κ2) is 8.36. The van der Waals surface area contributed by atoms with Gasteiger partial charge in [0.15, 0.2) is 6.10 Å². The molecular formula is C19H24N2O3. The Balaban J connectivity index is 2.05. The lowest BCUT2D eigenvalue weighted by molar-refractivity contribution is -0.124. The van der Waals surface area contributed by atoms with Crippen LogP contribution in [-0.2, 0) is 4.79 Å². The molecule has 0 saturated carbocycles. The van der Waals surface area contributed by atoms with Crippen molar-refractivity contribution in [1.29, 1.82) is 0 Å².